The van der Waals surface area contributed by atoms with Crippen molar-refractivity contribution in [2.45, 2.75) is 33.3 Å². The maximum absolute atomic E-state index is 12.2. The number of anilines is 1. The van der Waals surface area contributed by atoms with E-state index < -0.39 is 17.7 Å². The molecule has 1 aromatic carbocycles. The van der Waals surface area contributed by atoms with Crippen LogP contribution >= 0.6 is 11.3 Å². The summed E-state index contributed by atoms with van der Waals surface area (Å²) in [6.45, 7) is 7.23. The maximum Gasteiger partial charge on any atom is 0.412 e. The Kier molecular flexibility index (Phi) is 4.50. The number of carboxylic acid groups (broad SMARTS) is 1. The summed E-state index contributed by atoms with van der Waals surface area (Å²) in [4.78, 5) is 24.8. The highest BCUT2D eigenvalue weighted by atomic mass is 32.1. The molecular weight excluding hydrogens is 352 g/mol. The van der Waals surface area contributed by atoms with Crippen LogP contribution in [0, 0.1) is 6.92 Å². The standard InChI is InChI=1S/C19H20N2O4S/c1-11-6-5-7-13(20-18(24)25-19(2,3)4)15(11)21-14(17(22)23)10-12-8-9-26-16(12)21/h5-10H,1-4H3,(H,20,24)(H,22,23). The zero-order chi connectivity index (χ0) is 19.1. The average molecular weight is 372 g/mol. The van der Waals surface area contributed by atoms with E-state index in [2.05, 4.69) is 5.32 Å². The molecule has 3 aromatic rings. The highest BCUT2D eigenvalue weighted by Gasteiger charge is 2.22. The first kappa shape index (κ1) is 18.0. The number of nitrogens with zero attached hydrogens (tertiary/aromatic N) is 1. The van der Waals surface area contributed by atoms with Crippen molar-refractivity contribution in [2.24, 2.45) is 0 Å². The van der Waals surface area contributed by atoms with Crippen LogP contribution in [0.3, 0.4) is 0 Å². The molecule has 2 N–H and O–H groups in total. The quantitative estimate of drug-likeness (QED) is 0.674. The fourth-order valence-electron chi connectivity index (χ4n) is 2.77. The second-order valence-electron chi connectivity index (χ2n) is 6.95. The lowest BCUT2D eigenvalue weighted by Crippen LogP contribution is -2.27. The van der Waals surface area contributed by atoms with Crippen LogP contribution in [0.15, 0.2) is 35.7 Å². The van der Waals surface area contributed by atoms with E-state index in [0.29, 0.717) is 11.4 Å². The number of hydrogen-bond donors (Lipinski definition) is 2. The van der Waals surface area contributed by atoms with Crippen molar-refractivity contribution in [3.05, 3.63) is 47.0 Å². The number of carbonyl (C=O) groups is 2. The minimum absolute atomic E-state index is 0.147. The molecule has 0 aliphatic carbocycles. The SMILES string of the molecule is Cc1cccc(NC(=O)OC(C)(C)C)c1-n1c(C(=O)O)cc2ccsc21. The number of rotatable bonds is 3. The molecule has 0 bridgehead atoms. The van der Waals surface area contributed by atoms with Gasteiger partial charge in [-0.15, -0.1) is 11.3 Å². The molecule has 1 amide bonds. The molecule has 0 saturated heterocycles. The Morgan fingerprint density at radius 1 is 1.23 bits per heavy atom. The molecule has 2 heterocycles. The van der Waals surface area contributed by atoms with Gasteiger partial charge in [0.15, 0.2) is 0 Å². The van der Waals surface area contributed by atoms with Gasteiger partial charge in [0.25, 0.3) is 0 Å². The monoisotopic (exact) mass is 372 g/mol. The van der Waals surface area contributed by atoms with Gasteiger partial charge >= 0.3 is 12.1 Å². The van der Waals surface area contributed by atoms with Crippen LogP contribution in [0.2, 0.25) is 0 Å². The number of aromatic nitrogens is 1. The molecule has 0 atom stereocenters. The molecule has 0 radical (unpaired) electrons. The van der Waals surface area contributed by atoms with Crippen LogP contribution in [-0.4, -0.2) is 27.3 Å². The van der Waals surface area contributed by atoms with Crippen molar-refractivity contribution in [3.8, 4) is 5.69 Å². The second-order valence-corrected chi connectivity index (χ2v) is 7.84. The number of amides is 1. The molecule has 0 unspecified atom stereocenters. The lowest BCUT2D eigenvalue weighted by atomic mass is 10.1. The van der Waals surface area contributed by atoms with Crippen LogP contribution in [0.4, 0.5) is 10.5 Å². The third-order valence-electron chi connectivity index (χ3n) is 3.73. The number of aromatic carboxylic acids is 1. The normalized spacial score (nSPS) is 11.5. The van der Waals surface area contributed by atoms with Gasteiger partial charge in [-0.25, -0.2) is 9.59 Å². The van der Waals surface area contributed by atoms with E-state index in [4.69, 9.17) is 4.74 Å². The molecule has 0 spiro atoms. The first-order valence-electron chi connectivity index (χ1n) is 8.09. The molecule has 136 valence electrons. The molecule has 7 heteroatoms. The number of ether oxygens (including phenoxy) is 1. The summed E-state index contributed by atoms with van der Waals surface area (Å²) in [5, 5.41) is 15.1. The van der Waals surface area contributed by atoms with Crippen molar-refractivity contribution >= 4 is 39.3 Å². The number of fused-ring (bicyclic) bond motifs is 1. The summed E-state index contributed by atoms with van der Waals surface area (Å²) in [5.41, 5.74) is 1.47. The number of hydrogen-bond acceptors (Lipinski definition) is 4. The zero-order valence-electron chi connectivity index (χ0n) is 15.0. The minimum atomic E-state index is -1.03. The van der Waals surface area contributed by atoms with Gasteiger partial charge in [-0.2, -0.15) is 0 Å². The predicted molar refractivity (Wildman–Crippen MR) is 103 cm³/mol. The summed E-state index contributed by atoms with van der Waals surface area (Å²) >= 11 is 1.45. The molecule has 26 heavy (non-hydrogen) atoms. The smallest absolute Gasteiger partial charge is 0.412 e. The molecule has 3 rings (SSSR count). The average Bonchev–Trinajstić information content (AvgIpc) is 3.06. The van der Waals surface area contributed by atoms with Gasteiger partial charge < -0.3 is 9.84 Å². The topological polar surface area (TPSA) is 80.6 Å². The summed E-state index contributed by atoms with van der Waals surface area (Å²) in [5.74, 6) is -1.03. The lowest BCUT2D eigenvalue weighted by molar-refractivity contribution is 0.0634. The summed E-state index contributed by atoms with van der Waals surface area (Å²) < 4.78 is 7.00. The first-order valence-corrected chi connectivity index (χ1v) is 8.97. The van der Waals surface area contributed by atoms with Gasteiger partial charge in [0, 0.05) is 5.39 Å². The van der Waals surface area contributed by atoms with E-state index in [0.717, 1.165) is 15.8 Å². The number of carbonyl (C=O) groups excluding carboxylic acids is 1. The van der Waals surface area contributed by atoms with Crippen molar-refractivity contribution in [2.75, 3.05) is 5.32 Å². The highest BCUT2D eigenvalue weighted by molar-refractivity contribution is 7.16. The summed E-state index contributed by atoms with van der Waals surface area (Å²) in [6.07, 6.45) is -0.587. The van der Waals surface area contributed by atoms with Crippen LogP contribution in [0.25, 0.3) is 15.9 Å². The number of carboxylic acids is 1. The van der Waals surface area contributed by atoms with Crippen LogP contribution in [-0.2, 0) is 4.74 Å². The molecule has 0 fully saturated rings. The Labute approximate surface area is 155 Å². The Morgan fingerprint density at radius 2 is 1.96 bits per heavy atom. The molecule has 0 saturated carbocycles. The minimum Gasteiger partial charge on any atom is -0.477 e. The van der Waals surface area contributed by atoms with E-state index in [-0.39, 0.29) is 5.69 Å². The molecule has 2 aromatic heterocycles. The molecule has 0 aliphatic heterocycles. The van der Waals surface area contributed by atoms with E-state index in [1.54, 1.807) is 43.5 Å². The predicted octanol–water partition coefficient (Wildman–Crippen LogP) is 5.05. The third-order valence-corrected chi connectivity index (χ3v) is 4.64. The van der Waals surface area contributed by atoms with Crippen LogP contribution in [0.5, 0.6) is 0 Å². The number of para-hydroxylation sites is 1. The summed E-state index contributed by atoms with van der Waals surface area (Å²) in [6, 6.07) is 8.93. The second kappa shape index (κ2) is 6.49. The Hall–Kier alpha value is -2.80. The van der Waals surface area contributed by atoms with Crippen molar-refractivity contribution in [1.82, 2.24) is 4.57 Å². The van der Waals surface area contributed by atoms with E-state index in [1.807, 2.05) is 24.4 Å². The van der Waals surface area contributed by atoms with Gasteiger partial charge in [0.2, 0.25) is 0 Å². The number of nitrogens with one attached hydrogen (secondary N) is 1. The molecule has 6 nitrogen and oxygen atoms in total. The molecular formula is C19H20N2O4S. The van der Waals surface area contributed by atoms with E-state index in [9.17, 15) is 14.7 Å². The largest absolute Gasteiger partial charge is 0.477 e. The van der Waals surface area contributed by atoms with Gasteiger partial charge in [-0.3, -0.25) is 9.88 Å². The molecule has 0 aliphatic rings. The van der Waals surface area contributed by atoms with Gasteiger partial charge in [-0.05, 0) is 56.8 Å². The van der Waals surface area contributed by atoms with Gasteiger partial charge in [-0.1, -0.05) is 12.1 Å². The maximum atomic E-state index is 12.2. The number of benzene rings is 1. The van der Waals surface area contributed by atoms with E-state index >= 15 is 0 Å². The van der Waals surface area contributed by atoms with Crippen LogP contribution < -0.4 is 5.32 Å². The third kappa shape index (κ3) is 3.43. The van der Waals surface area contributed by atoms with Gasteiger partial charge in [0.1, 0.15) is 16.1 Å². The highest BCUT2D eigenvalue weighted by Crippen LogP contribution is 2.34. The number of thiophene rings is 1. The van der Waals surface area contributed by atoms with Crippen molar-refractivity contribution in [3.63, 3.8) is 0 Å². The van der Waals surface area contributed by atoms with Crippen LogP contribution in [0.1, 0.15) is 36.8 Å². The Balaban J connectivity index is 2.15. The number of aryl methyl sites for hydroxylation is 1. The van der Waals surface area contributed by atoms with Crippen molar-refractivity contribution < 1.29 is 19.4 Å². The zero-order valence-corrected chi connectivity index (χ0v) is 15.8. The van der Waals surface area contributed by atoms with Crippen molar-refractivity contribution in [1.29, 1.82) is 0 Å². The Bertz CT molecular complexity index is 995. The summed E-state index contributed by atoms with van der Waals surface area (Å²) in [7, 11) is 0. The van der Waals surface area contributed by atoms with Gasteiger partial charge in [0.05, 0.1) is 11.4 Å². The fourth-order valence-corrected chi connectivity index (χ4v) is 3.68. The first-order chi connectivity index (χ1) is 12.2. The Morgan fingerprint density at radius 3 is 2.62 bits per heavy atom. The van der Waals surface area contributed by atoms with E-state index in [1.165, 1.54) is 11.3 Å². The fraction of sp³-hybridized carbons (Fsp3) is 0.263. The lowest BCUT2D eigenvalue weighted by Gasteiger charge is -2.21.